The molecule has 1 fully saturated rings. The van der Waals surface area contributed by atoms with Crippen LogP contribution in [0.2, 0.25) is 0 Å². The lowest BCUT2D eigenvalue weighted by Crippen LogP contribution is -2.07. The van der Waals surface area contributed by atoms with E-state index in [0.29, 0.717) is 16.9 Å². The van der Waals surface area contributed by atoms with Gasteiger partial charge in [0.2, 0.25) is 0 Å². The van der Waals surface area contributed by atoms with Crippen LogP contribution < -0.4 is 0 Å². The molecule has 1 N–H and O–H groups in total. The molecule has 0 amide bonds. The number of carbonyl (C=O) groups is 1. The number of fused-ring (bicyclic) bond motifs is 3. The second-order valence-corrected chi connectivity index (χ2v) is 8.08. The molecule has 0 atom stereocenters. The number of hydrogen-bond donors (Lipinski definition) is 1. The Morgan fingerprint density at radius 2 is 1.74 bits per heavy atom. The Kier molecular flexibility index (Phi) is 3.36. The molecule has 1 heterocycles. The second-order valence-electron chi connectivity index (χ2n) is 8.08. The van der Waals surface area contributed by atoms with Crippen molar-refractivity contribution >= 4 is 5.97 Å². The molecule has 2 aliphatic rings. The summed E-state index contributed by atoms with van der Waals surface area (Å²) < 4.78 is 5.33. The summed E-state index contributed by atoms with van der Waals surface area (Å²) in [5.74, 6) is -0.668. The molecule has 2 aliphatic carbocycles. The first kappa shape index (κ1) is 16.3. The molecular weight excluding hydrogens is 338 g/mol. The largest absolute Gasteiger partial charge is 0.477 e. The third-order valence-electron chi connectivity index (χ3n) is 6.20. The van der Waals surface area contributed by atoms with Crippen LogP contribution >= 0.6 is 0 Å². The van der Waals surface area contributed by atoms with Gasteiger partial charge in [-0.25, -0.2) is 4.79 Å². The average molecular weight is 359 g/mol. The highest BCUT2D eigenvalue weighted by atomic mass is 16.5. The maximum Gasteiger partial charge on any atom is 0.341 e. The number of carboxylic acid groups (broad SMARTS) is 1. The average Bonchev–Trinajstić information content (AvgIpc) is 3.29. The van der Waals surface area contributed by atoms with E-state index in [1.165, 1.54) is 40.7 Å². The first-order valence-corrected chi connectivity index (χ1v) is 9.43. The lowest BCUT2D eigenvalue weighted by molar-refractivity contribution is 0.0696. The maximum atomic E-state index is 11.5. The van der Waals surface area contributed by atoms with Crippen molar-refractivity contribution in [2.45, 2.75) is 44.9 Å². The molecule has 5 rings (SSSR count). The van der Waals surface area contributed by atoms with E-state index in [1.807, 2.05) is 6.07 Å². The van der Waals surface area contributed by atoms with Crippen LogP contribution in [0.4, 0.5) is 0 Å². The van der Waals surface area contributed by atoms with E-state index >= 15 is 0 Å². The number of carboxylic acids is 1. The topological polar surface area (TPSA) is 63.3 Å². The highest BCUT2D eigenvalue weighted by molar-refractivity contribution is 5.95. The summed E-state index contributed by atoms with van der Waals surface area (Å²) in [4.78, 5) is 11.5. The van der Waals surface area contributed by atoms with Crippen molar-refractivity contribution in [1.29, 1.82) is 0 Å². The Hall–Kier alpha value is -2.88. The van der Waals surface area contributed by atoms with Crippen LogP contribution in [0.3, 0.4) is 0 Å². The van der Waals surface area contributed by atoms with Crippen LogP contribution in [-0.4, -0.2) is 16.2 Å². The Bertz CT molecular complexity index is 1090. The highest BCUT2D eigenvalue weighted by Gasteiger charge is 2.39. The molecule has 136 valence electrons. The Morgan fingerprint density at radius 1 is 1.07 bits per heavy atom. The minimum atomic E-state index is -1.01. The third-order valence-corrected chi connectivity index (χ3v) is 6.20. The molecule has 0 radical (unpaired) electrons. The molecule has 3 aromatic rings. The van der Waals surface area contributed by atoms with Gasteiger partial charge in [0.25, 0.3) is 0 Å². The number of rotatable bonds is 3. The van der Waals surface area contributed by atoms with Gasteiger partial charge in [-0.15, -0.1) is 0 Å². The monoisotopic (exact) mass is 359 g/mol. The van der Waals surface area contributed by atoms with Gasteiger partial charge in [-0.05, 0) is 71.9 Å². The minimum absolute atomic E-state index is 0.147. The van der Waals surface area contributed by atoms with Gasteiger partial charge >= 0.3 is 5.97 Å². The molecule has 0 bridgehead atoms. The van der Waals surface area contributed by atoms with E-state index in [-0.39, 0.29) is 5.56 Å². The first-order valence-electron chi connectivity index (χ1n) is 9.43. The van der Waals surface area contributed by atoms with Crippen LogP contribution in [0.25, 0.3) is 22.5 Å². The minimum Gasteiger partial charge on any atom is -0.477 e. The number of aromatic carboxylic acids is 1. The van der Waals surface area contributed by atoms with Gasteiger partial charge < -0.3 is 9.63 Å². The number of aromatic nitrogens is 1. The van der Waals surface area contributed by atoms with Gasteiger partial charge in [0.15, 0.2) is 5.76 Å². The number of aryl methyl sites for hydroxylation is 3. The van der Waals surface area contributed by atoms with Crippen molar-refractivity contribution in [3.8, 4) is 22.5 Å². The maximum absolute atomic E-state index is 11.5. The van der Waals surface area contributed by atoms with E-state index in [9.17, 15) is 9.90 Å². The smallest absolute Gasteiger partial charge is 0.341 e. The second kappa shape index (κ2) is 5.56. The van der Waals surface area contributed by atoms with E-state index in [1.54, 1.807) is 6.92 Å². The molecule has 0 unspecified atom stereocenters. The predicted molar refractivity (Wildman–Crippen MR) is 103 cm³/mol. The van der Waals surface area contributed by atoms with E-state index in [0.717, 1.165) is 18.4 Å². The van der Waals surface area contributed by atoms with Gasteiger partial charge in [0.05, 0.1) is 5.69 Å². The summed E-state index contributed by atoms with van der Waals surface area (Å²) in [6.07, 6.45) is 4.53. The number of benzene rings is 2. The van der Waals surface area contributed by atoms with Gasteiger partial charge in [-0.1, -0.05) is 42.4 Å². The third kappa shape index (κ3) is 2.51. The van der Waals surface area contributed by atoms with Crippen LogP contribution in [0, 0.1) is 6.92 Å². The lowest BCUT2D eigenvalue weighted by Gasteiger charge is -2.22. The number of hydrogen-bond acceptors (Lipinski definition) is 3. The van der Waals surface area contributed by atoms with Crippen LogP contribution in [0.1, 0.15) is 52.5 Å². The molecule has 0 saturated heterocycles. The van der Waals surface area contributed by atoms with Crippen molar-refractivity contribution in [3.05, 3.63) is 64.3 Å². The van der Waals surface area contributed by atoms with Crippen molar-refractivity contribution in [3.63, 3.8) is 0 Å². The molecule has 4 heteroatoms. The van der Waals surface area contributed by atoms with Crippen LogP contribution in [-0.2, 0) is 18.3 Å². The van der Waals surface area contributed by atoms with Crippen LogP contribution in [0.15, 0.2) is 40.9 Å². The molecule has 0 spiro atoms. The fourth-order valence-electron chi connectivity index (χ4n) is 4.21. The van der Waals surface area contributed by atoms with Crippen molar-refractivity contribution < 1.29 is 14.4 Å². The zero-order valence-corrected chi connectivity index (χ0v) is 15.5. The lowest BCUT2D eigenvalue weighted by atomic mass is 9.82. The summed E-state index contributed by atoms with van der Waals surface area (Å²) in [7, 11) is 0. The highest BCUT2D eigenvalue weighted by Crippen LogP contribution is 2.49. The fourth-order valence-corrected chi connectivity index (χ4v) is 4.21. The summed E-state index contributed by atoms with van der Waals surface area (Å²) in [5.41, 5.74) is 8.36. The molecule has 1 aromatic heterocycles. The van der Waals surface area contributed by atoms with E-state index in [2.05, 4.69) is 42.4 Å². The molecule has 2 aromatic carbocycles. The summed E-state index contributed by atoms with van der Waals surface area (Å²) in [6, 6.07) is 13.0. The van der Waals surface area contributed by atoms with E-state index < -0.39 is 5.97 Å². The van der Waals surface area contributed by atoms with Gasteiger partial charge in [-0.3, -0.25) is 0 Å². The zero-order valence-electron chi connectivity index (χ0n) is 15.5. The van der Waals surface area contributed by atoms with Crippen molar-refractivity contribution in [2.24, 2.45) is 0 Å². The normalized spacial score (nSPS) is 16.5. The van der Waals surface area contributed by atoms with Crippen molar-refractivity contribution in [2.75, 3.05) is 0 Å². The van der Waals surface area contributed by atoms with E-state index in [4.69, 9.17) is 4.52 Å². The van der Waals surface area contributed by atoms with Gasteiger partial charge in [0.1, 0.15) is 5.56 Å². The Balaban J connectivity index is 1.57. The molecule has 4 nitrogen and oxygen atoms in total. The SMILES string of the molecule is Cc1noc(-c2ccc3c(c2)CCc2cc(C4(C)CC4)ccc2-3)c1C(=O)O. The predicted octanol–water partition coefficient (Wildman–Crippen LogP) is 5.17. The van der Waals surface area contributed by atoms with Gasteiger partial charge in [-0.2, -0.15) is 0 Å². The van der Waals surface area contributed by atoms with Gasteiger partial charge in [0, 0.05) is 5.56 Å². The standard InChI is InChI=1S/C23H21NO3/c1-13-20(22(25)26)21(27-24-13)16-5-7-18-14(11-16)3-4-15-12-17(6-8-19(15)18)23(2)9-10-23/h5-8,11-12H,3-4,9-10H2,1-2H3,(H,25,26). The summed E-state index contributed by atoms with van der Waals surface area (Å²) >= 11 is 0. The first-order chi connectivity index (χ1) is 13.0. The number of nitrogens with zero attached hydrogens (tertiary/aromatic N) is 1. The summed E-state index contributed by atoms with van der Waals surface area (Å²) in [5, 5.41) is 13.3. The Labute approximate surface area is 157 Å². The molecular formula is C23H21NO3. The fraction of sp³-hybridized carbons (Fsp3) is 0.304. The molecule has 27 heavy (non-hydrogen) atoms. The van der Waals surface area contributed by atoms with Crippen molar-refractivity contribution in [1.82, 2.24) is 5.16 Å². The van der Waals surface area contributed by atoms with Crippen LogP contribution in [0.5, 0.6) is 0 Å². The quantitative estimate of drug-likeness (QED) is 0.701. The molecule has 1 saturated carbocycles. The Morgan fingerprint density at radius 3 is 2.41 bits per heavy atom. The molecule has 0 aliphatic heterocycles. The zero-order chi connectivity index (χ0) is 18.8. The summed E-state index contributed by atoms with van der Waals surface area (Å²) in [6.45, 7) is 4.00.